The van der Waals surface area contributed by atoms with E-state index in [1.165, 1.54) is 26.2 Å². The molecule has 0 aromatic heterocycles. The molecule has 1 atom stereocenters. The van der Waals surface area contributed by atoms with Gasteiger partial charge in [0.25, 0.3) is 0 Å². The highest BCUT2D eigenvalue weighted by Crippen LogP contribution is 2.15. The zero-order chi connectivity index (χ0) is 19.9. The Labute approximate surface area is 159 Å². The first-order valence-electron chi connectivity index (χ1n) is 8.42. The fourth-order valence-corrected chi connectivity index (χ4v) is 3.59. The van der Waals surface area contributed by atoms with Crippen LogP contribution in [0.25, 0.3) is 0 Å². The van der Waals surface area contributed by atoms with Crippen molar-refractivity contribution < 1.29 is 22.7 Å². The predicted octanol–water partition coefficient (Wildman–Crippen LogP) is 1.73. The highest BCUT2D eigenvalue weighted by atomic mass is 32.2. The molecule has 146 valence electrons. The number of nitrogens with one attached hydrogen (secondary N) is 2. The first-order chi connectivity index (χ1) is 12.9. The van der Waals surface area contributed by atoms with E-state index in [0.717, 1.165) is 11.3 Å². The summed E-state index contributed by atoms with van der Waals surface area (Å²) in [5.41, 5.74) is 1.04. The number of carbonyl (C=O) groups excluding carboxylic acids is 1. The van der Waals surface area contributed by atoms with E-state index >= 15 is 0 Å². The van der Waals surface area contributed by atoms with Gasteiger partial charge in [0, 0.05) is 6.54 Å². The smallest absolute Gasteiger partial charge is 0.241 e. The second-order valence-electron chi connectivity index (χ2n) is 5.91. The van der Waals surface area contributed by atoms with Crippen molar-refractivity contribution in [1.82, 2.24) is 10.0 Å². The number of amides is 1. The largest absolute Gasteiger partial charge is 0.497 e. The van der Waals surface area contributed by atoms with Crippen molar-refractivity contribution in [3.8, 4) is 11.5 Å². The molecular weight excluding hydrogens is 368 g/mol. The van der Waals surface area contributed by atoms with E-state index in [0.29, 0.717) is 18.7 Å². The normalized spacial score (nSPS) is 12.3. The number of methoxy groups -OCH3 is 2. The summed E-state index contributed by atoms with van der Waals surface area (Å²) in [4.78, 5) is 12.2. The summed E-state index contributed by atoms with van der Waals surface area (Å²) >= 11 is 0. The summed E-state index contributed by atoms with van der Waals surface area (Å²) in [7, 11) is -0.694. The van der Waals surface area contributed by atoms with Crippen molar-refractivity contribution in [2.75, 3.05) is 20.8 Å². The van der Waals surface area contributed by atoms with Crippen molar-refractivity contribution in [3.63, 3.8) is 0 Å². The van der Waals surface area contributed by atoms with Crippen LogP contribution in [-0.4, -0.2) is 41.1 Å². The minimum atomic E-state index is -3.79. The van der Waals surface area contributed by atoms with Gasteiger partial charge in [0.1, 0.15) is 11.5 Å². The monoisotopic (exact) mass is 392 g/mol. The van der Waals surface area contributed by atoms with Crippen LogP contribution in [0.4, 0.5) is 0 Å². The van der Waals surface area contributed by atoms with E-state index in [2.05, 4.69) is 10.0 Å². The van der Waals surface area contributed by atoms with Gasteiger partial charge in [-0.2, -0.15) is 4.72 Å². The van der Waals surface area contributed by atoms with E-state index in [-0.39, 0.29) is 10.8 Å². The van der Waals surface area contributed by atoms with E-state index in [1.807, 2.05) is 24.3 Å². The Morgan fingerprint density at radius 1 is 0.963 bits per heavy atom. The summed E-state index contributed by atoms with van der Waals surface area (Å²) in [5.74, 6) is 0.934. The van der Waals surface area contributed by atoms with Gasteiger partial charge in [0.2, 0.25) is 15.9 Å². The molecule has 0 aliphatic carbocycles. The third kappa shape index (κ3) is 5.97. The van der Waals surface area contributed by atoms with Crippen LogP contribution in [0, 0.1) is 0 Å². The van der Waals surface area contributed by atoms with E-state index in [4.69, 9.17) is 9.47 Å². The van der Waals surface area contributed by atoms with E-state index in [9.17, 15) is 13.2 Å². The molecule has 7 nitrogen and oxygen atoms in total. The first kappa shape index (κ1) is 20.7. The summed E-state index contributed by atoms with van der Waals surface area (Å²) in [5, 5.41) is 2.73. The number of hydrogen-bond donors (Lipinski definition) is 2. The maximum absolute atomic E-state index is 12.4. The van der Waals surface area contributed by atoms with Crippen molar-refractivity contribution in [1.29, 1.82) is 0 Å². The number of benzene rings is 2. The molecule has 0 saturated heterocycles. The van der Waals surface area contributed by atoms with Crippen LogP contribution < -0.4 is 19.5 Å². The molecule has 1 unspecified atom stereocenters. The summed E-state index contributed by atoms with van der Waals surface area (Å²) in [6.07, 6.45) is 0.633. The molecule has 0 aliphatic rings. The lowest BCUT2D eigenvalue weighted by Crippen LogP contribution is -2.45. The minimum absolute atomic E-state index is 0.0705. The second kappa shape index (κ2) is 9.38. The van der Waals surface area contributed by atoms with Crippen LogP contribution in [-0.2, 0) is 21.2 Å². The zero-order valence-electron chi connectivity index (χ0n) is 15.6. The zero-order valence-corrected chi connectivity index (χ0v) is 16.4. The maximum atomic E-state index is 12.4. The van der Waals surface area contributed by atoms with Gasteiger partial charge in [0.05, 0.1) is 25.2 Å². The lowest BCUT2D eigenvalue weighted by atomic mass is 10.1. The fraction of sp³-hybridized carbons (Fsp3) is 0.316. The van der Waals surface area contributed by atoms with Crippen LogP contribution >= 0.6 is 0 Å². The third-order valence-electron chi connectivity index (χ3n) is 3.97. The minimum Gasteiger partial charge on any atom is -0.497 e. The van der Waals surface area contributed by atoms with Crippen LogP contribution in [0.2, 0.25) is 0 Å². The maximum Gasteiger partial charge on any atom is 0.241 e. The van der Waals surface area contributed by atoms with Gasteiger partial charge in [-0.25, -0.2) is 8.42 Å². The quantitative estimate of drug-likeness (QED) is 0.678. The molecule has 2 aromatic carbocycles. The SMILES string of the molecule is COc1ccc(CCNC(=O)C(C)NS(=O)(=O)c2ccc(OC)cc2)cc1. The predicted molar refractivity (Wildman–Crippen MR) is 102 cm³/mol. The molecule has 0 spiro atoms. The molecule has 27 heavy (non-hydrogen) atoms. The molecule has 2 N–H and O–H groups in total. The van der Waals surface area contributed by atoms with Gasteiger partial charge < -0.3 is 14.8 Å². The van der Waals surface area contributed by atoms with Gasteiger partial charge in [0.15, 0.2) is 0 Å². The summed E-state index contributed by atoms with van der Waals surface area (Å²) in [6.45, 7) is 1.91. The highest BCUT2D eigenvalue weighted by molar-refractivity contribution is 7.89. The van der Waals surface area contributed by atoms with E-state index < -0.39 is 16.1 Å². The average molecular weight is 392 g/mol. The fourth-order valence-electron chi connectivity index (χ4n) is 2.38. The van der Waals surface area contributed by atoms with Crippen LogP contribution in [0.15, 0.2) is 53.4 Å². The molecule has 0 radical (unpaired) electrons. The van der Waals surface area contributed by atoms with E-state index in [1.54, 1.807) is 19.2 Å². The molecular formula is C19H24N2O5S. The number of sulfonamides is 1. The molecule has 0 fully saturated rings. The van der Waals surface area contributed by atoms with Crippen LogP contribution in [0.5, 0.6) is 11.5 Å². The Morgan fingerprint density at radius 3 is 2.00 bits per heavy atom. The van der Waals surface area contributed by atoms with Gasteiger partial charge in [-0.05, 0) is 55.3 Å². The number of carbonyl (C=O) groups is 1. The average Bonchev–Trinajstić information content (AvgIpc) is 2.68. The van der Waals surface area contributed by atoms with Crippen molar-refractivity contribution >= 4 is 15.9 Å². The Morgan fingerprint density at radius 2 is 1.48 bits per heavy atom. The Bertz CT molecular complexity index is 849. The summed E-state index contributed by atoms with van der Waals surface area (Å²) in [6, 6.07) is 12.6. The molecule has 0 aliphatic heterocycles. The lowest BCUT2D eigenvalue weighted by molar-refractivity contribution is -0.122. The second-order valence-corrected chi connectivity index (χ2v) is 7.62. The lowest BCUT2D eigenvalue weighted by Gasteiger charge is -2.15. The number of ether oxygens (including phenoxy) is 2. The molecule has 0 bridgehead atoms. The Kier molecular flexibility index (Phi) is 7.20. The molecule has 1 amide bonds. The first-order valence-corrected chi connectivity index (χ1v) is 9.91. The molecule has 8 heteroatoms. The standard InChI is InChI=1S/C19H24N2O5S/c1-14(21-27(23,24)18-10-8-17(26-3)9-11-18)19(22)20-13-12-15-4-6-16(25-2)7-5-15/h4-11,14,21H,12-13H2,1-3H3,(H,20,22). The van der Waals surface area contributed by atoms with Crippen molar-refractivity contribution in [2.24, 2.45) is 0 Å². The summed E-state index contributed by atoms with van der Waals surface area (Å²) < 4.78 is 37.2. The Balaban J connectivity index is 1.86. The topological polar surface area (TPSA) is 93.7 Å². The van der Waals surface area contributed by atoms with Crippen LogP contribution in [0.1, 0.15) is 12.5 Å². The van der Waals surface area contributed by atoms with Gasteiger partial charge in [-0.3, -0.25) is 4.79 Å². The van der Waals surface area contributed by atoms with Crippen molar-refractivity contribution in [2.45, 2.75) is 24.3 Å². The van der Waals surface area contributed by atoms with Crippen molar-refractivity contribution in [3.05, 3.63) is 54.1 Å². The third-order valence-corrected chi connectivity index (χ3v) is 5.52. The Hall–Kier alpha value is -2.58. The molecule has 0 saturated carbocycles. The number of rotatable bonds is 9. The van der Waals surface area contributed by atoms with Gasteiger partial charge in [-0.1, -0.05) is 12.1 Å². The molecule has 2 rings (SSSR count). The van der Waals surface area contributed by atoms with Crippen LogP contribution in [0.3, 0.4) is 0 Å². The van der Waals surface area contributed by atoms with Gasteiger partial charge in [-0.15, -0.1) is 0 Å². The van der Waals surface area contributed by atoms with Gasteiger partial charge >= 0.3 is 0 Å². The number of hydrogen-bond acceptors (Lipinski definition) is 5. The molecule has 2 aromatic rings. The highest BCUT2D eigenvalue weighted by Gasteiger charge is 2.21. The molecule has 0 heterocycles.